The first kappa shape index (κ1) is 7.59. The number of hydrogen-bond acceptors (Lipinski definition) is 3. The zero-order valence-electron chi connectivity index (χ0n) is 6.46. The minimum atomic E-state index is -0.144. The van der Waals surface area contributed by atoms with Crippen LogP contribution in [0.15, 0.2) is 6.07 Å². The van der Waals surface area contributed by atoms with Gasteiger partial charge in [-0.05, 0) is 6.92 Å². The molecule has 0 aliphatic heterocycles. The van der Waals surface area contributed by atoms with Crippen molar-refractivity contribution in [1.82, 2.24) is 9.78 Å². The Balaban J connectivity index is 3.12. The predicted molar refractivity (Wildman–Crippen MR) is 40.8 cm³/mol. The van der Waals surface area contributed by atoms with E-state index in [9.17, 15) is 0 Å². The zero-order chi connectivity index (χ0) is 8.43. The van der Waals surface area contributed by atoms with E-state index in [2.05, 4.69) is 5.10 Å². The van der Waals surface area contributed by atoms with Crippen LogP contribution in [0.2, 0.25) is 0 Å². The molecule has 1 aromatic rings. The SMILES string of the molecule is COc1cc(C)nn1C(=N)N. The third-order valence-corrected chi connectivity index (χ3v) is 1.24. The largest absolute Gasteiger partial charge is 0.481 e. The minimum Gasteiger partial charge on any atom is -0.481 e. The van der Waals surface area contributed by atoms with Crippen molar-refractivity contribution >= 4 is 5.96 Å². The summed E-state index contributed by atoms with van der Waals surface area (Å²) in [6.07, 6.45) is 0. The van der Waals surface area contributed by atoms with Gasteiger partial charge in [-0.25, -0.2) is 0 Å². The number of aromatic nitrogens is 2. The van der Waals surface area contributed by atoms with Gasteiger partial charge in [0.15, 0.2) is 0 Å². The van der Waals surface area contributed by atoms with Crippen LogP contribution in [0.3, 0.4) is 0 Å². The van der Waals surface area contributed by atoms with E-state index in [1.807, 2.05) is 6.92 Å². The molecule has 5 heteroatoms. The molecule has 1 rings (SSSR count). The van der Waals surface area contributed by atoms with Gasteiger partial charge in [0.05, 0.1) is 12.8 Å². The molecule has 0 fully saturated rings. The van der Waals surface area contributed by atoms with Gasteiger partial charge in [0.2, 0.25) is 11.8 Å². The first-order valence-corrected chi connectivity index (χ1v) is 3.10. The monoisotopic (exact) mass is 154 g/mol. The molecule has 5 nitrogen and oxygen atoms in total. The van der Waals surface area contributed by atoms with Gasteiger partial charge in [-0.1, -0.05) is 0 Å². The maximum absolute atomic E-state index is 7.09. The van der Waals surface area contributed by atoms with Crippen molar-refractivity contribution in [2.75, 3.05) is 7.11 Å². The van der Waals surface area contributed by atoms with Crippen LogP contribution in [-0.4, -0.2) is 22.8 Å². The Bertz CT molecular complexity index is 278. The summed E-state index contributed by atoms with van der Waals surface area (Å²) < 4.78 is 6.14. The van der Waals surface area contributed by atoms with E-state index in [4.69, 9.17) is 15.9 Å². The molecule has 1 aromatic heterocycles. The summed E-state index contributed by atoms with van der Waals surface area (Å²) >= 11 is 0. The Labute approximate surface area is 64.3 Å². The fourth-order valence-electron chi connectivity index (χ4n) is 0.794. The first-order valence-electron chi connectivity index (χ1n) is 3.10. The Hall–Kier alpha value is -1.52. The van der Waals surface area contributed by atoms with Gasteiger partial charge in [-0.15, -0.1) is 0 Å². The number of rotatable bonds is 1. The maximum atomic E-state index is 7.09. The topological polar surface area (TPSA) is 76.9 Å². The van der Waals surface area contributed by atoms with Crippen LogP contribution in [0, 0.1) is 12.3 Å². The molecular formula is C6H10N4O. The molecule has 0 saturated heterocycles. The van der Waals surface area contributed by atoms with Crippen LogP contribution in [0.25, 0.3) is 0 Å². The van der Waals surface area contributed by atoms with Crippen LogP contribution in [0.1, 0.15) is 5.69 Å². The van der Waals surface area contributed by atoms with Crippen molar-refractivity contribution in [2.24, 2.45) is 5.73 Å². The highest BCUT2D eigenvalue weighted by Crippen LogP contribution is 2.10. The highest BCUT2D eigenvalue weighted by molar-refractivity contribution is 5.77. The number of nitrogens with one attached hydrogen (secondary N) is 1. The molecule has 1 heterocycles. The predicted octanol–water partition coefficient (Wildman–Crippen LogP) is -0.0583. The minimum absolute atomic E-state index is 0.144. The van der Waals surface area contributed by atoms with E-state index >= 15 is 0 Å². The molecule has 0 saturated carbocycles. The number of ether oxygens (including phenoxy) is 1. The molecule has 0 unspecified atom stereocenters. The standard InChI is InChI=1S/C6H10N4O/c1-4-3-5(11-2)10(9-4)6(7)8/h3H,1-2H3,(H3,7,8). The van der Waals surface area contributed by atoms with Gasteiger partial charge < -0.3 is 10.5 Å². The fourth-order valence-corrected chi connectivity index (χ4v) is 0.794. The average Bonchev–Trinajstić information content (AvgIpc) is 2.30. The van der Waals surface area contributed by atoms with Crippen LogP contribution in [0.4, 0.5) is 0 Å². The molecule has 0 aromatic carbocycles. The molecule has 0 atom stereocenters. The van der Waals surface area contributed by atoms with Gasteiger partial charge >= 0.3 is 0 Å². The van der Waals surface area contributed by atoms with Gasteiger partial charge in [0.1, 0.15) is 0 Å². The van der Waals surface area contributed by atoms with Gasteiger partial charge in [0, 0.05) is 6.07 Å². The quantitative estimate of drug-likeness (QED) is 0.439. The Morgan fingerprint density at radius 3 is 2.82 bits per heavy atom. The fraction of sp³-hybridized carbons (Fsp3) is 0.333. The van der Waals surface area contributed by atoms with Gasteiger partial charge in [-0.2, -0.15) is 9.78 Å². The van der Waals surface area contributed by atoms with Crippen molar-refractivity contribution in [3.63, 3.8) is 0 Å². The lowest BCUT2D eigenvalue weighted by Crippen LogP contribution is -2.22. The molecular weight excluding hydrogens is 144 g/mol. The van der Waals surface area contributed by atoms with E-state index in [0.717, 1.165) is 5.69 Å². The lowest BCUT2D eigenvalue weighted by Gasteiger charge is -2.00. The summed E-state index contributed by atoms with van der Waals surface area (Å²) in [7, 11) is 1.51. The lowest BCUT2D eigenvalue weighted by atomic mass is 10.5. The van der Waals surface area contributed by atoms with E-state index in [-0.39, 0.29) is 5.96 Å². The number of nitrogen functional groups attached to an aromatic ring is 1. The van der Waals surface area contributed by atoms with Gasteiger partial charge in [-0.3, -0.25) is 5.41 Å². The van der Waals surface area contributed by atoms with Crippen molar-refractivity contribution in [1.29, 1.82) is 5.41 Å². The first-order chi connectivity index (χ1) is 5.15. The smallest absolute Gasteiger partial charge is 0.219 e. The number of nitrogens with two attached hydrogens (primary N) is 1. The summed E-state index contributed by atoms with van der Waals surface area (Å²) in [4.78, 5) is 0. The average molecular weight is 154 g/mol. The van der Waals surface area contributed by atoms with Crippen LogP contribution in [0.5, 0.6) is 5.88 Å². The summed E-state index contributed by atoms with van der Waals surface area (Å²) in [5, 5.41) is 11.0. The molecule has 0 aliphatic carbocycles. The van der Waals surface area contributed by atoms with Crippen molar-refractivity contribution < 1.29 is 4.74 Å². The van der Waals surface area contributed by atoms with Crippen LogP contribution >= 0.6 is 0 Å². The van der Waals surface area contributed by atoms with E-state index in [1.54, 1.807) is 6.07 Å². The van der Waals surface area contributed by atoms with Crippen molar-refractivity contribution in [3.8, 4) is 5.88 Å². The molecule has 0 spiro atoms. The Morgan fingerprint density at radius 2 is 2.45 bits per heavy atom. The second kappa shape index (κ2) is 2.61. The highest BCUT2D eigenvalue weighted by Gasteiger charge is 2.05. The van der Waals surface area contributed by atoms with E-state index < -0.39 is 0 Å². The molecule has 3 N–H and O–H groups in total. The molecule has 0 bridgehead atoms. The summed E-state index contributed by atoms with van der Waals surface area (Å²) in [5.74, 6) is 0.338. The number of aryl methyl sites for hydroxylation is 1. The van der Waals surface area contributed by atoms with Crippen LogP contribution < -0.4 is 10.5 Å². The molecule has 0 aliphatic rings. The normalized spacial score (nSPS) is 9.64. The Kier molecular flexibility index (Phi) is 1.80. The second-order valence-corrected chi connectivity index (χ2v) is 2.13. The third-order valence-electron chi connectivity index (χ3n) is 1.24. The molecule has 11 heavy (non-hydrogen) atoms. The molecule has 0 radical (unpaired) electrons. The van der Waals surface area contributed by atoms with E-state index in [0.29, 0.717) is 5.88 Å². The summed E-state index contributed by atoms with van der Waals surface area (Å²) in [6.45, 7) is 1.81. The maximum Gasteiger partial charge on any atom is 0.219 e. The highest BCUT2D eigenvalue weighted by atomic mass is 16.5. The molecule has 60 valence electrons. The van der Waals surface area contributed by atoms with E-state index in [1.165, 1.54) is 11.8 Å². The Morgan fingerprint density at radius 1 is 1.82 bits per heavy atom. The summed E-state index contributed by atoms with van der Waals surface area (Å²) in [6, 6.07) is 1.71. The number of methoxy groups -OCH3 is 1. The lowest BCUT2D eigenvalue weighted by molar-refractivity contribution is 0.386. The van der Waals surface area contributed by atoms with Crippen molar-refractivity contribution in [3.05, 3.63) is 11.8 Å². The number of hydrogen-bond donors (Lipinski definition) is 2. The van der Waals surface area contributed by atoms with Crippen LogP contribution in [-0.2, 0) is 0 Å². The molecule has 0 amide bonds. The zero-order valence-corrected chi connectivity index (χ0v) is 6.46. The van der Waals surface area contributed by atoms with Gasteiger partial charge in [0.25, 0.3) is 0 Å². The number of nitrogens with zero attached hydrogens (tertiary/aromatic N) is 2. The van der Waals surface area contributed by atoms with Crippen molar-refractivity contribution in [2.45, 2.75) is 6.92 Å². The third kappa shape index (κ3) is 1.31. The summed E-state index contributed by atoms with van der Waals surface area (Å²) in [5.41, 5.74) is 5.98. The second-order valence-electron chi connectivity index (χ2n) is 2.13.